The highest BCUT2D eigenvalue weighted by atomic mass is 35.5. The third-order valence-corrected chi connectivity index (χ3v) is 5.39. The van der Waals surface area contributed by atoms with Gasteiger partial charge in [0.05, 0.1) is 42.9 Å². The number of carbonyl (C=O) groups is 1. The Labute approximate surface area is 189 Å². The van der Waals surface area contributed by atoms with E-state index in [1.54, 1.807) is 58.9 Å². The van der Waals surface area contributed by atoms with Gasteiger partial charge in [0, 0.05) is 16.8 Å². The van der Waals surface area contributed by atoms with E-state index in [4.69, 9.17) is 22.1 Å². The monoisotopic (exact) mass is 454 g/mol. The van der Waals surface area contributed by atoms with Gasteiger partial charge in [0.2, 0.25) is 0 Å². The van der Waals surface area contributed by atoms with Crippen molar-refractivity contribution in [3.05, 3.63) is 59.4 Å². The molecule has 166 valence electrons. The first kappa shape index (κ1) is 21.7. The first-order valence-electron chi connectivity index (χ1n) is 10.0. The van der Waals surface area contributed by atoms with E-state index in [0.717, 1.165) is 0 Å². The molecule has 0 radical (unpaired) electrons. The summed E-state index contributed by atoms with van der Waals surface area (Å²) in [6.07, 6.45) is 3.18. The maximum absolute atomic E-state index is 13.2. The van der Waals surface area contributed by atoms with Gasteiger partial charge in [0.1, 0.15) is 11.3 Å². The van der Waals surface area contributed by atoms with Crippen LogP contribution in [0, 0.1) is 0 Å². The van der Waals surface area contributed by atoms with Crippen LogP contribution in [0.25, 0.3) is 16.8 Å². The predicted molar refractivity (Wildman–Crippen MR) is 123 cm³/mol. The second-order valence-corrected chi connectivity index (χ2v) is 7.68. The van der Waals surface area contributed by atoms with Crippen molar-refractivity contribution in [1.82, 2.24) is 19.4 Å². The Kier molecular flexibility index (Phi) is 6.02. The van der Waals surface area contributed by atoms with Crippen molar-refractivity contribution in [2.24, 2.45) is 0 Å². The minimum absolute atomic E-state index is 0.115. The molecule has 9 nitrogen and oxygen atoms in total. The smallest absolute Gasteiger partial charge is 0.261 e. The van der Waals surface area contributed by atoms with Gasteiger partial charge in [-0.05, 0) is 36.8 Å². The number of ether oxygens (including phenoxy) is 1. The van der Waals surface area contributed by atoms with Gasteiger partial charge in [-0.2, -0.15) is 5.10 Å². The van der Waals surface area contributed by atoms with Crippen LogP contribution in [-0.2, 0) is 6.54 Å². The summed E-state index contributed by atoms with van der Waals surface area (Å²) in [5.74, 6) is 0.235. The Hall–Kier alpha value is -3.56. The molecule has 4 aromatic rings. The van der Waals surface area contributed by atoms with Crippen LogP contribution in [-0.4, -0.2) is 43.6 Å². The number of amides is 1. The number of nitrogens with two attached hydrogens (primary N) is 1. The van der Waals surface area contributed by atoms with E-state index in [1.807, 2.05) is 6.92 Å². The lowest BCUT2D eigenvalue weighted by Gasteiger charge is -2.16. The zero-order valence-electron chi connectivity index (χ0n) is 17.6. The van der Waals surface area contributed by atoms with Gasteiger partial charge in [0.25, 0.3) is 5.91 Å². The number of aliphatic hydroxyl groups is 1. The number of aromatic nitrogens is 4. The van der Waals surface area contributed by atoms with Gasteiger partial charge in [0.15, 0.2) is 5.82 Å². The molecule has 3 heterocycles. The first-order valence-corrected chi connectivity index (χ1v) is 10.4. The standard InChI is InChI=1S/C22H23ClN6O3/c1-3-14(30)12-29-20(15-10-13(23)7-8-18(15)32-2)16(11-25-29)26-22(31)19-17-6-4-5-9-28(17)27-21(19)24/h4-11,14,30H,3,12H2,1-2H3,(H2,24,27)(H,26,31). The zero-order valence-corrected chi connectivity index (χ0v) is 18.4. The Morgan fingerprint density at radius 2 is 2.16 bits per heavy atom. The topological polar surface area (TPSA) is 120 Å². The number of rotatable bonds is 7. The molecule has 3 aromatic heterocycles. The summed E-state index contributed by atoms with van der Waals surface area (Å²) in [6, 6.07) is 10.5. The molecule has 0 spiro atoms. The Morgan fingerprint density at radius 1 is 1.34 bits per heavy atom. The van der Waals surface area contributed by atoms with Crippen LogP contribution in [0.15, 0.2) is 48.8 Å². The number of nitrogens with zero attached hydrogens (tertiary/aromatic N) is 4. The molecule has 1 unspecified atom stereocenters. The van der Waals surface area contributed by atoms with Crippen LogP contribution in [0.5, 0.6) is 5.75 Å². The van der Waals surface area contributed by atoms with Gasteiger partial charge >= 0.3 is 0 Å². The largest absolute Gasteiger partial charge is 0.496 e. The van der Waals surface area contributed by atoms with E-state index in [0.29, 0.717) is 39.7 Å². The molecule has 1 atom stereocenters. The third-order valence-electron chi connectivity index (χ3n) is 5.15. The van der Waals surface area contributed by atoms with Crippen molar-refractivity contribution in [1.29, 1.82) is 0 Å². The van der Waals surface area contributed by atoms with Crippen molar-refractivity contribution in [3.63, 3.8) is 0 Å². The molecule has 1 aromatic carbocycles. The van der Waals surface area contributed by atoms with E-state index >= 15 is 0 Å². The Morgan fingerprint density at radius 3 is 2.91 bits per heavy atom. The summed E-state index contributed by atoms with van der Waals surface area (Å²) in [6.45, 7) is 2.11. The number of pyridine rings is 1. The number of hydrogen-bond donors (Lipinski definition) is 3. The summed E-state index contributed by atoms with van der Waals surface area (Å²) in [5.41, 5.74) is 8.48. The highest BCUT2D eigenvalue weighted by Gasteiger charge is 2.23. The summed E-state index contributed by atoms with van der Waals surface area (Å²) < 4.78 is 8.68. The van der Waals surface area contributed by atoms with Crippen LogP contribution in [0.2, 0.25) is 5.02 Å². The molecular weight excluding hydrogens is 432 g/mol. The molecule has 0 aliphatic heterocycles. The van der Waals surface area contributed by atoms with Gasteiger partial charge in [-0.3, -0.25) is 9.48 Å². The SMILES string of the molecule is CCC(O)Cn1ncc(NC(=O)c2c(N)nn3ccccc23)c1-c1cc(Cl)ccc1OC. The normalized spacial score (nSPS) is 12.1. The molecule has 0 fully saturated rings. The second-order valence-electron chi connectivity index (χ2n) is 7.24. The number of hydrogen-bond acceptors (Lipinski definition) is 6. The van der Waals surface area contributed by atoms with Gasteiger partial charge in [-0.25, -0.2) is 4.52 Å². The summed E-state index contributed by atoms with van der Waals surface area (Å²) in [7, 11) is 1.55. The fourth-order valence-electron chi connectivity index (χ4n) is 3.53. The lowest BCUT2D eigenvalue weighted by atomic mass is 10.1. The first-order chi connectivity index (χ1) is 15.4. The van der Waals surface area contributed by atoms with Crippen LogP contribution in [0.3, 0.4) is 0 Å². The van der Waals surface area contributed by atoms with E-state index in [-0.39, 0.29) is 17.9 Å². The number of benzene rings is 1. The molecule has 10 heteroatoms. The molecule has 0 saturated carbocycles. The summed E-state index contributed by atoms with van der Waals surface area (Å²) >= 11 is 6.25. The fraction of sp³-hybridized carbons (Fsp3) is 0.227. The average Bonchev–Trinajstić information content (AvgIpc) is 3.32. The third kappa shape index (κ3) is 4.00. The van der Waals surface area contributed by atoms with Crippen molar-refractivity contribution in [3.8, 4) is 17.0 Å². The van der Waals surface area contributed by atoms with Gasteiger partial charge in [-0.1, -0.05) is 24.6 Å². The number of fused-ring (bicyclic) bond motifs is 1. The maximum Gasteiger partial charge on any atom is 0.261 e. The Bertz CT molecular complexity index is 1280. The number of aliphatic hydroxyl groups excluding tert-OH is 1. The highest BCUT2D eigenvalue weighted by Crippen LogP contribution is 2.37. The average molecular weight is 455 g/mol. The van der Waals surface area contributed by atoms with Crippen molar-refractivity contribution >= 4 is 34.5 Å². The number of carbonyl (C=O) groups excluding carboxylic acids is 1. The molecule has 0 bridgehead atoms. The van der Waals surface area contributed by atoms with Crippen LogP contribution in [0.4, 0.5) is 11.5 Å². The summed E-state index contributed by atoms with van der Waals surface area (Å²) in [4.78, 5) is 13.2. The van der Waals surface area contributed by atoms with Crippen molar-refractivity contribution in [2.45, 2.75) is 26.0 Å². The highest BCUT2D eigenvalue weighted by molar-refractivity contribution is 6.31. The quantitative estimate of drug-likeness (QED) is 0.393. The fourth-order valence-corrected chi connectivity index (χ4v) is 3.70. The number of anilines is 2. The van der Waals surface area contributed by atoms with Gasteiger partial charge < -0.3 is 20.9 Å². The lowest BCUT2D eigenvalue weighted by Crippen LogP contribution is -2.18. The van der Waals surface area contributed by atoms with E-state index in [2.05, 4.69) is 15.5 Å². The van der Waals surface area contributed by atoms with Crippen molar-refractivity contribution in [2.75, 3.05) is 18.2 Å². The number of methoxy groups -OCH3 is 1. The molecule has 4 N–H and O–H groups in total. The number of nitrogens with one attached hydrogen (secondary N) is 1. The molecule has 0 aliphatic carbocycles. The molecule has 4 rings (SSSR count). The van der Waals surface area contributed by atoms with Gasteiger partial charge in [-0.15, -0.1) is 5.10 Å². The Balaban J connectivity index is 1.80. The molecule has 32 heavy (non-hydrogen) atoms. The van der Waals surface area contributed by atoms with Crippen LogP contribution >= 0.6 is 11.6 Å². The number of halogens is 1. The van der Waals surface area contributed by atoms with E-state index in [1.165, 1.54) is 6.20 Å². The molecular formula is C22H23ClN6O3. The van der Waals surface area contributed by atoms with E-state index < -0.39 is 12.0 Å². The van der Waals surface area contributed by atoms with Crippen molar-refractivity contribution < 1.29 is 14.6 Å². The van der Waals surface area contributed by atoms with Crippen LogP contribution < -0.4 is 15.8 Å². The predicted octanol–water partition coefficient (Wildman–Crippen LogP) is 3.47. The zero-order chi connectivity index (χ0) is 22.8. The number of nitrogen functional groups attached to an aromatic ring is 1. The minimum atomic E-state index is -0.613. The lowest BCUT2D eigenvalue weighted by molar-refractivity contribution is 0.102. The second kappa shape index (κ2) is 8.89. The summed E-state index contributed by atoms with van der Waals surface area (Å²) in [5, 5.41) is 22.2. The molecule has 0 saturated heterocycles. The van der Waals surface area contributed by atoms with Crippen LogP contribution in [0.1, 0.15) is 23.7 Å². The van der Waals surface area contributed by atoms with E-state index in [9.17, 15) is 9.90 Å². The minimum Gasteiger partial charge on any atom is -0.496 e. The maximum atomic E-state index is 13.2. The molecule has 0 aliphatic rings. The molecule has 1 amide bonds.